The van der Waals surface area contributed by atoms with Gasteiger partial charge in [0.15, 0.2) is 0 Å². The quantitative estimate of drug-likeness (QED) is 0.845. The zero-order chi connectivity index (χ0) is 12.8. The van der Waals surface area contributed by atoms with Gasteiger partial charge in [-0.1, -0.05) is 6.92 Å². The molecule has 0 fully saturated rings. The Hall–Kier alpha value is -1.88. The van der Waals surface area contributed by atoms with Crippen LogP contribution >= 0.6 is 0 Å². The highest BCUT2D eigenvalue weighted by Gasteiger charge is 2.15. The molecule has 96 valence electrons. The van der Waals surface area contributed by atoms with Crippen molar-refractivity contribution in [3.05, 3.63) is 42.2 Å². The van der Waals surface area contributed by atoms with Gasteiger partial charge >= 0.3 is 0 Å². The summed E-state index contributed by atoms with van der Waals surface area (Å²) in [5, 5.41) is 3.38. The van der Waals surface area contributed by atoms with Crippen LogP contribution in [0.5, 0.6) is 5.88 Å². The molecule has 1 unspecified atom stereocenters. The van der Waals surface area contributed by atoms with E-state index in [9.17, 15) is 0 Å². The number of nitrogens with one attached hydrogen (secondary N) is 1. The average Bonchev–Trinajstić information content (AvgIpc) is 2.92. The molecule has 1 atom stereocenters. The number of hydrogen-bond donors (Lipinski definition) is 1. The topological polar surface area (TPSA) is 60.2 Å². The molecule has 0 aliphatic rings. The number of aromatic nitrogens is 2. The van der Waals surface area contributed by atoms with Crippen LogP contribution in [0, 0.1) is 0 Å². The summed E-state index contributed by atoms with van der Waals surface area (Å²) in [6.45, 7) is 2.93. The molecule has 5 heteroatoms. The van der Waals surface area contributed by atoms with Gasteiger partial charge in [0.1, 0.15) is 12.1 Å². The lowest BCUT2D eigenvalue weighted by molar-refractivity contribution is 0.392. The van der Waals surface area contributed by atoms with E-state index in [-0.39, 0.29) is 6.04 Å². The average molecular weight is 247 g/mol. The largest absolute Gasteiger partial charge is 0.481 e. The standard InChI is InChI=1S/C13H17N3O2/c1-3-14-11(12-5-4-6-18-12)7-10-8-13(17-2)16-9-15-10/h4-6,8-9,11,14H,3,7H2,1-2H3. The Balaban J connectivity index is 2.13. The SMILES string of the molecule is CCNC(Cc1cc(OC)ncn1)c1ccco1. The van der Waals surface area contributed by atoms with Crippen molar-refractivity contribution in [2.24, 2.45) is 0 Å². The zero-order valence-electron chi connectivity index (χ0n) is 10.6. The first kappa shape index (κ1) is 12.6. The van der Waals surface area contributed by atoms with Gasteiger partial charge in [0, 0.05) is 18.2 Å². The Morgan fingerprint density at radius 3 is 3.00 bits per heavy atom. The van der Waals surface area contributed by atoms with E-state index in [2.05, 4.69) is 22.2 Å². The van der Waals surface area contributed by atoms with Crippen LogP contribution in [-0.4, -0.2) is 23.6 Å². The minimum absolute atomic E-state index is 0.115. The van der Waals surface area contributed by atoms with Crippen molar-refractivity contribution in [3.63, 3.8) is 0 Å². The summed E-state index contributed by atoms with van der Waals surface area (Å²) >= 11 is 0. The van der Waals surface area contributed by atoms with E-state index < -0.39 is 0 Å². The molecule has 2 aromatic heterocycles. The van der Waals surface area contributed by atoms with Crippen LogP contribution in [0.4, 0.5) is 0 Å². The van der Waals surface area contributed by atoms with Crippen molar-refractivity contribution in [1.82, 2.24) is 15.3 Å². The summed E-state index contributed by atoms with van der Waals surface area (Å²) in [6, 6.07) is 5.81. The fourth-order valence-electron chi connectivity index (χ4n) is 1.82. The van der Waals surface area contributed by atoms with E-state index in [0.29, 0.717) is 5.88 Å². The number of likely N-dealkylation sites (N-methyl/N-ethyl adjacent to an activating group) is 1. The van der Waals surface area contributed by atoms with Crippen molar-refractivity contribution in [1.29, 1.82) is 0 Å². The Kier molecular flexibility index (Phi) is 4.30. The maximum absolute atomic E-state index is 5.44. The van der Waals surface area contributed by atoms with E-state index in [1.807, 2.05) is 18.2 Å². The Labute approximate surface area is 106 Å². The predicted octanol–water partition coefficient (Wildman–Crippen LogP) is 1.97. The second kappa shape index (κ2) is 6.16. The van der Waals surface area contributed by atoms with Crippen molar-refractivity contribution in [2.45, 2.75) is 19.4 Å². The highest BCUT2D eigenvalue weighted by atomic mass is 16.5. The molecule has 0 bridgehead atoms. The van der Waals surface area contributed by atoms with Gasteiger partial charge in [-0.2, -0.15) is 0 Å². The second-order valence-corrected chi connectivity index (χ2v) is 3.88. The lowest BCUT2D eigenvalue weighted by Gasteiger charge is -2.15. The van der Waals surface area contributed by atoms with Gasteiger partial charge < -0.3 is 14.5 Å². The summed E-state index contributed by atoms with van der Waals surface area (Å²) < 4.78 is 10.5. The molecule has 0 aliphatic carbocycles. The smallest absolute Gasteiger partial charge is 0.216 e. The minimum Gasteiger partial charge on any atom is -0.481 e. The monoisotopic (exact) mass is 247 g/mol. The van der Waals surface area contributed by atoms with Crippen LogP contribution in [0.2, 0.25) is 0 Å². The van der Waals surface area contributed by atoms with Crippen molar-refractivity contribution in [2.75, 3.05) is 13.7 Å². The fraction of sp³-hybridized carbons (Fsp3) is 0.385. The zero-order valence-corrected chi connectivity index (χ0v) is 10.6. The van der Waals surface area contributed by atoms with Gasteiger partial charge in [0.25, 0.3) is 0 Å². The molecule has 18 heavy (non-hydrogen) atoms. The first-order valence-electron chi connectivity index (χ1n) is 5.95. The van der Waals surface area contributed by atoms with Crippen molar-refractivity contribution >= 4 is 0 Å². The van der Waals surface area contributed by atoms with E-state index in [1.54, 1.807) is 13.4 Å². The first-order valence-corrected chi connectivity index (χ1v) is 5.95. The third-order valence-electron chi connectivity index (χ3n) is 2.66. The summed E-state index contributed by atoms with van der Waals surface area (Å²) in [7, 11) is 1.60. The summed E-state index contributed by atoms with van der Waals surface area (Å²) in [4.78, 5) is 8.24. The second-order valence-electron chi connectivity index (χ2n) is 3.88. The van der Waals surface area contributed by atoms with E-state index in [0.717, 1.165) is 24.4 Å². The third kappa shape index (κ3) is 3.07. The molecule has 0 spiro atoms. The number of ether oxygens (including phenoxy) is 1. The number of methoxy groups -OCH3 is 1. The van der Waals surface area contributed by atoms with Crippen molar-refractivity contribution < 1.29 is 9.15 Å². The molecular formula is C13H17N3O2. The molecule has 0 aliphatic heterocycles. The summed E-state index contributed by atoms with van der Waals surface area (Å²) in [5.41, 5.74) is 0.921. The van der Waals surface area contributed by atoms with Gasteiger partial charge in [-0.3, -0.25) is 0 Å². The number of nitrogens with zero attached hydrogens (tertiary/aromatic N) is 2. The maximum atomic E-state index is 5.44. The molecule has 1 N–H and O–H groups in total. The Morgan fingerprint density at radius 1 is 1.44 bits per heavy atom. The molecule has 0 saturated heterocycles. The number of rotatable bonds is 6. The third-order valence-corrected chi connectivity index (χ3v) is 2.66. The van der Waals surface area contributed by atoms with Gasteiger partial charge in [0.05, 0.1) is 19.4 Å². The van der Waals surface area contributed by atoms with Crippen LogP contribution in [0.15, 0.2) is 35.2 Å². The lowest BCUT2D eigenvalue weighted by Crippen LogP contribution is -2.22. The molecule has 0 aromatic carbocycles. The molecule has 0 saturated carbocycles. The molecule has 2 heterocycles. The molecule has 0 amide bonds. The molecular weight excluding hydrogens is 230 g/mol. The number of hydrogen-bond acceptors (Lipinski definition) is 5. The van der Waals surface area contributed by atoms with Gasteiger partial charge in [-0.25, -0.2) is 9.97 Å². The van der Waals surface area contributed by atoms with Gasteiger partial charge in [-0.15, -0.1) is 0 Å². The fourth-order valence-corrected chi connectivity index (χ4v) is 1.82. The highest BCUT2D eigenvalue weighted by Crippen LogP contribution is 2.19. The molecule has 0 radical (unpaired) electrons. The van der Waals surface area contributed by atoms with E-state index >= 15 is 0 Å². The predicted molar refractivity (Wildman–Crippen MR) is 67.4 cm³/mol. The molecule has 2 aromatic rings. The molecule has 5 nitrogen and oxygen atoms in total. The lowest BCUT2D eigenvalue weighted by atomic mass is 10.1. The first-order chi connectivity index (χ1) is 8.83. The summed E-state index contributed by atoms with van der Waals surface area (Å²) in [6.07, 6.45) is 3.93. The Morgan fingerprint density at radius 2 is 2.33 bits per heavy atom. The van der Waals surface area contributed by atoms with Crippen LogP contribution < -0.4 is 10.1 Å². The number of furan rings is 1. The van der Waals surface area contributed by atoms with Gasteiger partial charge in [0.2, 0.25) is 5.88 Å². The van der Waals surface area contributed by atoms with E-state index in [4.69, 9.17) is 9.15 Å². The van der Waals surface area contributed by atoms with E-state index in [1.165, 1.54) is 6.33 Å². The van der Waals surface area contributed by atoms with Crippen LogP contribution in [0.3, 0.4) is 0 Å². The van der Waals surface area contributed by atoms with Crippen LogP contribution in [-0.2, 0) is 6.42 Å². The highest BCUT2D eigenvalue weighted by molar-refractivity contribution is 5.16. The summed E-state index contributed by atoms with van der Waals surface area (Å²) in [5.74, 6) is 1.49. The Bertz CT molecular complexity index is 471. The minimum atomic E-state index is 0.115. The maximum Gasteiger partial charge on any atom is 0.216 e. The normalized spacial score (nSPS) is 12.3. The molecule has 2 rings (SSSR count). The van der Waals surface area contributed by atoms with Gasteiger partial charge in [-0.05, 0) is 18.7 Å². The van der Waals surface area contributed by atoms with Crippen molar-refractivity contribution in [3.8, 4) is 5.88 Å². The van der Waals surface area contributed by atoms with Crippen LogP contribution in [0.25, 0.3) is 0 Å². The van der Waals surface area contributed by atoms with Crippen LogP contribution in [0.1, 0.15) is 24.4 Å².